The fourth-order valence-corrected chi connectivity index (χ4v) is 3.87. The van der Waals surface area contributed by atoms with Gasteiger partial charge < -0.3 is 15.2 Å². The van der Waals surface area contributed by atoms with Gasteiger partial charge in [-0.3, -0.25) is 0 Å². The van der Waals surface area contributed by atoms with Crippen molar-refractivity contribution >= 4 is 17.3 Å². The number of anilines is 1. The van der Waals surface area contributed by atoms with E-state index in [-0.39, 0.29) is 12.1 Å². The summed E-state index contributed by atoms with van der Waals surface area (Å²) < 4.78 is 6.08. The molecule has 0 bridgehead atoms. The Labute approximate surface area is 134 Å². The van der Waals surface area contributed by atoms with E-state index in [2.05, 4.69) is 11.4 Å². The van der Waals surface area contributed by atoms with Crippen LogP contribution in [0.3, 0.4) is 0 Å². The van der Waals surface area contributed by atoms with E-state index in [1.54, 1.807) is 6.07 Å². The molecule has 0 radical (unpaired) electrons. The SMILES string of the molecule is Oc1cccc(C2Nc3ccc(Cl)cc3C3OCCCC23)c1. The van der Waals surface area contributed by atoms with Crippen LogP contribution in [0.2, 0.25) is 5.02 Å². The van der Waals surface area contributed by atoms with Crippen LogP contribution < -0.4 is 5.32 Å². The summed E-state index contributed by atoms with van der Waals surface area (Å²) in [5, 5.41) is 14.2. The van der Waals surface area contributed by atoms with Crippen molar-refractivity contribution in [3.05, 3.63) is 58.6 Å². The molecule has 22 heavy (non-hydrogen) atoms. The Morgan fingerprint density at radius 2 is 2.09 bits per heavy atom. The number of ether oxygens (including phenoxy) is 1. The summed E-state index contributed by atoms with van der Waals surface area (Å²) in [5.74, 6) is 0.649. The topological polar surface area (TPSA) is 41.5 Å². The van der Waals surface area contributed by atoms with Gasteiger partial charge in [-0.25, -0.2) is 0 Å². The largest absolute Gasteiger partial charge is 0.508 e. The zero-order valence-electron chi connectivity index (χ0n) is 12.1. The van der Waals surface area contributed by atoms with Crippen LogP contribution in [0.1, 0.15) is 36.1 Å². The summed E-state index contributed by atoms with van der Waals surface area (Å²) in [6.07, 6.45) is 2.23. The Bertz CT molecular complexity index is 703. The van der Waals surface area contributed by atoms with Crippen LogP contribution in [0.25, 0.3) is 0 Å². The van der Waals surface area contributed by atoms with Crippen LogP contribution in [0.15, 0.2) is 42.5 Å². The van der Waals surface area contributed by atoms with Gasteiger partial charge in [0.25, 0.3) is 0 Å². The summed E-state index contributed by atoms with van der Waals surface area (Å²) >= 11 is 6.17. The molecular weight excluding hydrogens is 298 g/mol. The number of fused-ring (bicyclic) bond motifs is 3. The number of hydrogen-bond acceptors (Lipinski definition) is 3. The third-order valence-corrected chi connectivity index (χ3v) is 4.89. The highest BCUT2D eigenvalue weighted by molar-refractivity contribution is 6.30. The van der Waals surface area contributed by atoms with E-state index in [0.29, 0.717) is 11.7 Å². The van der Waals surface area contributed by atoms with Crippen LogP contribution in [-0.2, 0) is 4.74 Å². The van der Waals surface area contributed by atoms with Crippen LogP contribution in [0, 0.1) is 5.92 Å². The molecule has 2 aliphatic heterocycles. The van der Waals surface area contributed by atoms with Crippen molar-refractivity contribution in [2.75, 3.05) is 11.9 Å². The van der Waals surface area contributed by atoms with Gasteiger partial charge in [-0.15, -0.1) is 0 Å². The van der Waals surface area contributed by atoms with Gasteiger partial charge in [0, 0.05) is 28.8 Å². The zero-order valence-corrected chi connectivity index (χ0v) is 12.9. The second-order valence-electron chi connectivity index (χ2n) is 6.05. The molecule has 1 saturated heterocycles. The van der Waals surface area contributed by atoms with Gasteiger partial charge in [-0.1, -0.05) is 23.7 Å². The Morgan fingerprint density at radius 1 is 1.18 bits per heavy atom. The molecule has 2 aromatic carbocycles. The molecule has 3 atom stereocenters. The van der Waals surface area contributed by atoms with Crippen molar-refractivity contribution < 1.29 is 9.84 Å². The monoisotopic (exact) mass is 315 g/mol. The molecule has 114 valence electrons. The average molecular weight is 316 g/mol. The molecule has 2 aromatic rings. The number of nitrogens with one attached hydrogen (secondary N) is 1. The van der Waals surface area contributed by atoms with E-state index >= 15 is 0 Å². The van der Waals surface area contributed by atoms with Crippen molar-refractivity contribution in [2.45, 2.75) is 25.0 Å². The summed E-state index contributed by atoms with van der Waals surface area (Å²) in [6.45, 7) is 0.792. The Hall–Kier alpha value is -1.71. The zero-order chi connectivity index (χ0) is 15.1. The van der Waals surface area contributed by atoms with Crippen LogP contribution in [0.4, 0.5) is 5.69 Å². The van der Waals surface area contributed by atoms with Crippen molar-refractivity contribution in [1.29, 1.82) is 0 Å². The molecule has 0 amide bonds. The first-order valence-electron chi connectivity index (χ1n) is 7.69. The fourth-order valence-electron chi connectivity index (χ4n) is 3.69. The van der Waals surface area contributed by atoms with Crippen LogP contribution in [-0.4, -0.2) is 11.7 Å². The normalized spacial score (nSPS) is 26.7. The summed E-state index contributed by atoms with van der Waals surface area (Å²) in [5.41, 5.74) is 3.32. The van der Waals surface area contributed by atoms with E-state index in [0.717, 1.165) is 41.3 Å². The lowest BCUT2D eigenvalue weighted by Gasteiger charge is -2.43. The molecule has 2 aliphatic rings. The van der Waals surface area contributed by atoms with E-state index in [9.17, 15) is 5.11 Å². The standard InChI is InChI=1S/C18H18ClNO2/c19-12-6-7-16-15(10-12)18-14(5-2-8-22-18)17(20-16)11-3-1-4-13(21)9-11/h1,3-4,6-7,9-10,14,17-18,20-21H,2,5,8H2. The number of halogens is 1. The fraction of sp³-hybridized carbons (Fsp3) is 0.333. The molecule has 0 aliphatic carbocycles. The second kappa shape index (κ2) is 5.49. The van der Waals surface area contributed by atoms with Crippen molar-refractivity contribution in [1.82, 2.24) is 0 Å². The lowest BCUT2D eigenvalue weighted by atomic mass is 9.77. The highest BCUT2D eigenvalue weighted by Crippen LogP contribution is 2.49. The van der Waals surface area contributed by atoms with E-state index < -0.39 is 0 Å². The molecule has 0 saturated carbocycles. The molecule has 4 heteroatoms. The number of hydrogen-bond donors (Lipinski definition) is 2. The predicted octanol–water partition coefficient (Wildman–Crippen LogP) is 4.68. The highest BCUT2D eigenvalue weighted by Gasteiger charge is 2.39. The lowest BCUT2D eigenvalue weighted by molar-refractivity contribution is -0.0381. The van der Waals surface area contributed by atoms with E-state index in [1.807, 2.05) is 30.3 Å². The minimum Gasteiger partial charge on any atom is -0.508 e. The molecule has 0 aromatic heterocycles. The number of aromatic hydroxyl groups is 1. The third kappa shape index (κ3) is 2.34. The first-order valence-corrected chi connectivity index (χ1v) is 8.07. The molecule has 2 N–H and O–H groups in total. The van der Waals surface area contributed by atoms with Crippen molar-refractivity contribution in [3.8, 4) is 5.75 Å². The number of phenols is 1. The maximum Gasteiger partial charge on any atom is 0.115 e. The van der Waals surface area contributed by atoms with Crippen LogP contribution in [0.5, 0.6) is 5.75 Å². The van der Waals surface area contributed by atoms with E-state index in [4.69, 9.17) is 16.3 Å². The molecule has 1 fully saturated rings. The van der Waals surface area contributed by atoms with Gasteiger partial charge in [0.15, 0.2) is 0 Å². The van der Waals surface area contributed by atoms with Gasteiger partial charge in [-0.05, 0) is 48.7 Å². The number of phenolic OH excluding ortho intramolecular Hbond substituents is 1. The molecule has 4 rings (SSSR count). The Morgan fingerprint density at radius 3 is 2.95 bits per heavy atom. The number of rotatable bonds is 1. The van der Waals surface area contributed by atoms with Crippen molar-refractivity contribution in [3.63, 3.8) is 0 Å². The minimum absolute atomic E-state index is 0.0658. The molecule has 3 unspecified atom stereocenters. The molecule has 3 nitrogen and oxygen atoms in total. The summed E-state index contributed by atoms with van der Waals surface area (Å²) in [4.78, 5) is 0. The Balaban J connectivity index is 1.79. The van der Waals surface area contributed by atoms with E-state index in [1.165, 1.54) is 0 Å². The first kappa shape index (κ1) is 13.9. The minimum atomic E-state index is 0.0658. The maximum absolute atomic E-state index is 9.79. The third-order valence-electron chi connectivity index (χ3n) is 4.66. The van der Waals surface area contributed by atoms with Crippen molar-refractivity contribution in [2.24, 2.45) is 5.92 Å². The maximum atomic E-state index is 9.79. The van der Waals surface area contributed by atoms with Gasteiger partial charge >= 0.3 is 0 Å². The molecule has 2 heterocycles. The first-order chi connectivity index (χ1) is 10.7. The number of benzene rings is 2. The van der Waals surface area contributed by atoms with Gasteiger partial charge in [0.2, 0.25) is 0 Å². The predicted molar refractivity (Wildman–Crippen MR) is 87.3 cm³/mol. The smallest absolute Gasteiger partial charge is 0.115 e. The quantitative estimate of drug-likeness (QED) is 0.803. The van der Waals surface area contributed by atoms with Gasteiger partial charge in [0.05, 0.1) is 12.1 Å². The molecule has 0 spiro atoms. The van der Waals surface area contributed by atoms with Gasteiger partial charge in [-0.2, -0.15) is 0 Å². The lowest BCUT2D eigenvalue weighted by Crippen LogP contribution is -2.35. The summed E-state index contributed by atoms with van der Waals surface area (Å²) in [6, 6.07) is 13.6. The van der Waals surface area contributed by atoms with Crippen LogP contribution >= 0.6 is 11.6 Å². The average Bonchev–Trinajstić information content (AvgIpc) is 2.54. The highest BCUT2D eigenvalue weighted by atomic mass is 35.5. The summed E-state index contributed by atoms with van der Waals surface area (Å²) in [7, 11) is 0. The Kier molecular flexibility index (Phi) is 3.47. The molecular formula is C18H18ClNO2. The second-order valence-corrected chi connectivity index (χ2v) is 6.48. The van der Waals surface area contributed by atoms with Gasteiger partial charge in [0.1, 0.15) is 5.75 Å².